The van der Waals surface area contributed by atoms with Crippen LogP contribution in [0.1, 0.15) is 38.4 Å². The monoisotopic (exact) mass is 350 g/mol. The van der Waals surface area contributed by atoms with Crippen LogP contribution in [-0.2, 0) is 16.6 Å². The van der Waals surface area contributed by atoms with Gasteiger partial charge in [-0.25, -0.2) is 13.1 Å². The summed E-state index contributed by atoms with van der Waals surface area (Å²) >= 11 is 3.18. The first-order valence-electron chi connectivity index (χ1n) is 6.39. The molecule has 1 aromatic heterocycles. The lowest BCUT2D eigenvalue weighted by Crippen LogP contribution is -2.52. The molecule has 0 atom stereocenters. The summed E-state index contributed by atoms with van der Waals surface area (Å²) in [5, 5.41) is 2.93. The predicted molar refractivity (Wildman–Crippen MR) is 76.4 cm³/mol. The highest BCUT2D eigenvalue weighted by Gasteiger charge is 2.40. The van der Waals surface area contributed by atoms with Crippen molar-refractivity contribution >= 4 is 26.0 Å². The molecule has 1 aliphatic rings. The normalized spacial score (nSPS) is 18.3. The third kappa shape index (κ3) is 3.04. The number of sulfonamides is 1. The molecule has 108 valence electrons. The van der Waals surface area contributed by atoms with Gasteiger partial charge in [0, 0.05) is 11.6 Å². The standard InChI is InChI=1S/C12H19BrN2O3S/c1-3-12(5-4-6-12)15-19(16,17)10-7-9(8-14-2)18-11(10)13/h7,14-15H,3-6,8H2,1-2H3. The van der Waals surface area contributed by atoms with Gasteiger partial charge in [-0.15, -0.1) is 0 Å². The zero-order valence-electron chi connectivity index (χ0n) is 11.1. The molecule has 0 unspecified atom stereocenters. The van der Waals surface area contributed by atoms with Crippen LogP contribution in [0.25, 0.3) is 0 Å². The Morgan fingerprint density at radius 2 is 2.16 bits per heavy atom. The van der Waals surface area contributed by atoms with Crippen molar-refractivity contribution in [2.24, 2.45) is 0 Å². The molecule has 1 aromatic rings. The molecule has 1 fully saturated rings. The van der Waals surface area contributed by atoms with E-state index >= 15 is 0 Å². The summed E-state index contributed by atoms with van der Waals surface area (Å²) in [5.74, 6) is 0.592. The van der Waals surface area contributed by atoms with E-state index in [4.69, 9.17) is 4.42 Å². The molecule has 0 amide bonds. The van der Waals surface area contributed by atoms with Gasteiger partial charge in [-0.1, -0.05) is 6.92 Å². The van der Waals surface area contributed by atoms with Crippen LogP contribution < -0.4 is 10.0 Å². The van der Waals surface area contributed by atoms with E-state index in [1.807, 2.05) is 6.92 Å². The van der Waals surface area contributed by atoms with Gasteiger partial charge < -0.3 is 9.73 Å². The minimum atomic E-state index is -3.54. The maximum atomic E-state index is 12.4. The number of halogens is 1. The van der Waals surface area contributed by atoms with Crippen molar-refractivity contribution in [3.8, 4) is 0 Å². The fourth-order valence-electron chi connectivity index (χ4n) is 2.31. The molecule has 0 aliphatic heterocycles. The average molecular weight is 351 g/mol. The molecule has 2 N–H and O–H groups in total. The highest BCUT2D eigenvalue weighted by molar-refractivity contribution is 9.10. The van der Waals surface area contributed by atoms with Crippen LogP contribution in [-0.4, -0.2) is 21.0 Å². The molecule has 1 aliphatic carbocycles. The third-order valence-electron chi connectivity index (χ3n) is 3.69. The van der Waals surface area contributed by atoms with Crippen molar-refractivity contribution in [3.05, 3.63) is 16.5 Å². The number of hydrogen-bond donors (Lipinski definition) is 2. The Morgan fingerprint density at radius 3 is 2.63 bits per heavy atom. The van der Waals surface area contributed by atoms with Gasteiger partial charge >= 0.3 is 0 Å². The van der Waals surface area contributed by atoms with Gasteiger partial charge in [-0.05, 0) is 48.7 Å². The molecular weight excluding hydrogens is 332 g/mol. The number of nitrogens with one attached hydrogen (secondary N) is 2. The summed E-state index contributed by atoms with van der Waals surface area (Å²) in [6.07, 6.45) is 3.70. The molecule has 1 saturated carbocycles. The van der Waals surface area contributed by atoms with E-state index < -0.39 is 10.0 Å². The highest BCUT2D eigenvalue weighted by Crippen LogP contribution is 2.37. The Morgan fingerprint density at radius 1 is 1.47 bits per heavy atom. The Labute approximate surface area is 122 Å². The lowest BCUT2D eigenvalue weighted by atomic mass is 9.76. The van der Waals surface area contributed by atoms with Crippen molar-refractivity contribution in [3.63, 3.8) is 0 Å². The lowest BCUT2D eigenvalue weighted by Gasteiger charge is -2.41. The maximum Gasteiger partial charge on any atom is 0.245 e. The summed E-state index contributed by atoms with van der Waals surface area (Å²) in [7, 11) is -1.76. The van der Waals surface area contributed by atoms with Crippen LogP contribution in [0.4, 0.5) is 0 Å². The number of furan rings is 1. The minimum Gasteiger partial charge on any atom is -0.452 e. The topological polar surface area (TPSA) is 71.3 Å². The largest absolute Gasteiger partial charge is 0.452 e. The molecule has 0 aromatic carbocycles. The molecule has 19 heavy (non-hydrogen) atoms. The quantitative estimate of drug-likeness (QED) is 0.826. The fourth-order valence-corrected chi connectivity index (χ4v) is 4.84. The first-order valence-corrected chi connectivity index (χ1v) is 8.67. The van der Waals surface area contributed by atoms with Crippen LogP contribution in [0.2, 0.25) is 0 Å². The number of hydrogen-bond acceptors (Lipinski definition) is 4. The van der Waals surface area contributed by atoms with Gasteiger partial charge in [0.15, 0.2) is 4.67 Å². The summed E-state index contributed by atoms with van der Waals surface area (Å²) in [6, 6.07) is 1.56. The Balaban J connectivity index is 2.24. The van der Waals surface area contributed by atoms with Crippen molar-refractivity contribution in [2.45, 2.75) is 49.6 Å². The van der Waals surface area contributed by atoms with Crippen LogP contribution in [0.15, 0.2) is 20.0 Å². The van der Waals surface area contributed by atoms with E-state index in [0.717, 1.165) is 25.7 Å². The Bertz CT molecular complexity index is 544. The molecule has 0 saturated heterocycles. The molecule has 2 rings (SSSR count). The van der Waals surface area contributed by atoms with Crippen molar-refractivity contribution in [1.82, 2.24) is 10.0 Å². The minimum absolute atomic E-state index is 0.178. The summed E-state index contributed by atoms with van der Waals surface area (Å²) in [5.41, 5.74) is -0.265. The lowest BCUT2D eigenvalue weighted by molar-refractivity contribution is 0.213. The van der Waals surface area contributed by atoms with E-state index in [2.05, 4.69) is 26.0 Å². The van der Waals surface area contributed by atoms with Crippen LogP contribution in [0.5, 0.6) is 0 Å². The third-order valence-corrected chi connectivity index (χ3v) is 6.12. The first-order chi connectivity index (χ1) is 8.92. The van der Waals surface area contributed by atoms with E-state index in [1.54, 1.807) is 13.1 Å². The second-order valence-corrected chi connectivity index (χ2v) is 7.34. The second kappa shape index (κ2) is 5.55. The van der Waals surface area contributed by atoms with Gasteiger partial charge in [0.05, 0.1) is 6.54 Å². The predicted octanol–water partition coefficient (Wildman–Crippen LogP) is 2.37. The molecule has 1 heterocycles. The van der Waals surface area contributed by atoms with Crippen LogP contribution in [0, 0.1) is 0 Å². The zero-order valence-corrected chi connectivity index (χ0v) is 13.5. The van der Waals surface area contributed by atoms with Gasteiger partial charge in [-0.3, -0.25) is 0 Å². The fraction of sp³-hybridized carbons (Fsp3) is 0.667. The van der Waals surface area contributed by atoms with Crippen LogP contribution in [0.3, 0.4) is 0 Å². The zero-order chi connectivity index (χ0) is 14.1. The van der Waals surface area contributed by atoms with Gasteiger partial charge in [-0.2, -0.15) is 0 Å². The van der Waals surface area contributed by atoms with Gasteiger partial charge in [0.1, 0.15) is 10.7 Å². The average Bonchev–Trinajstić information content (AvgIpc) is 2.66. The summed E-state index contributed by atoms with van der Waals surface area (Å²) in [6.45, 7) is 2.51. The summed E-state index contributed by atoms with van der Waals surface area (Å²) < 4.78 is 33.3. The molecule has 0 bridgehead atoms. The molecule has 0 radical (unpaired) electrons. The van der Waals surface area contributed by atoms with Crippen LogP contribution >= 0.6 is 15.9 Å². The highest BCUT2D eigenvalue weighted by atomic mass is 79.9. The van der Waals surface area contributed by atoms with Crippen molar-refractivity contribution < 1.29 is 12.8 Å². The SMILES string of the molecule is CCC1(NS(=O)(=O)c2cc(CNC)oc2Br)CCC1. The molecule has 0 spiro atoms. The van der Waals surface area contributed by atoms with E-state index in [0.29, 0.717) is 12.3 Å². The van der Waals surface area contributed by atoms with Gasteiger partial charge in [0.2, 0.25) is 10.0 Å². The first kappa shape index (κ1) is 15.0. The van der Waals surface area contributed by atoms with Crippen molar-refractivity contribution in [1.29, 1.82) is 0 Å². The maximum absolute atomic E-state index is 12.4. The smallest absolute Gasteiger partial charge is 0.245 e. The van der Waals surface area contributed by atoms with E-state index in [-0.39, 0.29) is 15.1 Å². The van der Waals surface area contributed by atoms with E-state index in [1.165, 1.54) is 0 Å². The second-order valence-electron chi connectivity index (χ2n) is 4.97. The molecule has 7 heteroatoms. The Hall–Kier alpha value is -0.370. The number of rotatable bonds is 6. The Kier molecular flexibility index (Phi) is 4.39. The summed E-state index contributed by atoms with van der Waals surface area (Å²) in [4.78, 5) is 0.178. The van der Waals surface area contributed by atoms with E-state index in [9.17, 15) is 8.42 Å². The molecular formula is C12H19BrN2O3S. The molecule has 5 nitrogen and oxygen atoms in total. The van der Waals surface area contributed by atoms with Crippen molar-refractivity contribution in [2.75, 3.05) is 7.05 Å². The van der Waals surface area contributed by atoms with Gasteiger partial charge in [0.25, 0.3) is 0 Å².